The van der Waals surface area contributed by atoms with Gasteiger partial charge in [0.15, 0.2) is 5.57 Å². The third-order valence-corrected chi connectivity index (χ3v) is 3.32. The van der Waals surface area contributed by atoms with Gasteiger partial charge >= 0.3 is 11.9 Å². The van der Waals surface area contributed by atoms with Gasteiger partial charge in [0, 0.05) is 37.8 Å². The van der Waals surface area contributed by atoms with Crippen molar-refractivity contribution in [3.63, 3.8) is 0 Å². The summed E-state index contributed by atoms with van der Waals surface area (Å²) in [5.74, 6) is -2.82. The quantitative estimate of drug-likeness (QED) is 0.500. The maximum Gasteiger partial charge on any atom is 0.350 e. The first-order valence-corrected chi connectivity index (χ1v) is 7.55. The highest BCUT2D eigenvalue weighted by molar-refractivity contribution is 6.15. The third-order valence-electron chi connectivity index (χ3n) is 3.32. The van der Waals surface area contributed by atoms with Crippen molar-refractivity contribution in [3.05, 3.63) is 35.5 Å². The first-order chi connectivity index (χ1) is 11.2. The predicted molar refractivity (Wildman–Crippen MR) is 88.1 cm³/mol. The Morgan fingerprint density at radius 1 is 1.21 bits per heavy atom. The second kappa shape index (κ2) is 6.74. The first kappa shape index (κ1) is 17.5. The van der Waals surface area contributed by atoms with Gasteiger partial charge in [-0.2, -0.15) is 0 Å². The normalized spacial score (nSPS) is 16.1. The molecule has 0 bridgehead atoms. The summed E-state index contributed by atoms with van der Waals surface area (Å²) in [7, 11) is 0. The number of esters is 2. The second-order valence-corrected chi connectivity index (χ2v) is 5.81. The number of hydrogen-bond donors (Lipinski definition) is 2. The van der Waals surface area contributed by atoms with Gasteiger partial charge in [-0.3, -0.25) is 4.79 Å². The van der Waals surface area contributed by atoms with E-state index in [9.17, 15) is 14.4 Å². The van der Waals surface area contributed by atoms with Crippen molar-refractivity contribution < 1.29 is 23.9 Å². The number of amides is 1. The Morgan fingerprint density at radius 2 is 1.83 bits per heavy atom. The molecule has 7 nitrogen and oxygen atoms in total. The van der Waals surface area contributed by atoms with Crippen LogP contribution in [0, 0.1) is 6.92 Å². The van der Waals surface area contributed by atoms with E-state index in [1.807, 2.05) is 6.92 Å². The Bertz CT molecular complexity index is 700. The smallest absolute Gasteiger partial charge is 0.350 e. The molecule has 1 aromatic carbocycles. The number of anilines is 2. The monoisotopic (exact) mass is 332 g/mol. The van der Waals surface area contributed by atoms with Crippen LogP contribution in [0.5, 0.6) is 0 Å². The van der Waals surface area contributed by atoms with Gasteiger partial charge in [0.25, 0.3) is 5.79 Å². The van der Waals surface area contributed by atoms with Crippen LogP contribution in [0.1, 0.15) is 32.8 Å². The van der Waals surface area contributed by atoms with Crippen LogP contribution in [0.2, 0.25) is 0 Å². The lowest BCUT2D eigenvalue weighted by molar-refractivity contribution is -0.222. The van der Waals surface area contributed by atoms with Gasteiger partial charge in [0.2, 0.25) is 5.91 Å². The number of cyclic esters (lactones) is 2. The van der Waals surface area contributed by atoms with E-state index in [1.165, 1.54) is 20.0 Å². The van der Waals surface area contributed by atoms with Crippen molar-refractivity contribution in [1.29, 1.82) is 0 Å². The van der Waals surface area contributed by atoms with Crippen LogP contribution >= 0.6 is 0 Å². The van der Waals surface area contributed by atoms with Crippen LogP contribution in [0.3, 0.4) is 0 Å². The molecule has 1 aromatic rings. The summed E-state index contributed by atoms with van der Waals surface area (Å²) < 4.78 is 10.0. The summed E-state index contributed by atoms with van der Waals surface area (Å²) in [5, 5.41) is 5.65. The number of hydrogen-bond acceptors (Lipinski definition) is 6. The number of carbonyl (C=O) groups is 3. The molecule has 0 radical (unpaired) electrons. The molecular weight excluding hydrogens is 312 g/mol. The minimum absolute atomic E-state index is 0.0764. The predicted octanol–water partition coefficient (Wildman–Crippen LogP) is 2.48. The van der Waals surface area contributed by atoms with Crippen LogP contribution in [0.4, 0.5) is 11.4 Å². The maximum atomic E-state index is 11.9. The number of nitrogens with one attached hydrogen (secondary N) is 2. The topological polar surface area (TPSA) is 93.7 Å². The minimum atomic E-state index is -1.26. The highest BCUT2D eigenvalue weighted by Crippen LogP contribution is 2.24. The Hall–Kier alpha value is -2.83. The average Bonchev–Trinajstić information content (AvgIpc) is 2.47. The van der Waals surface area contributed by atoms with Crippen LogP contribution in [0.15, 0.2) is 30.0 Å². The Kier molecular flexibility index (Phi) is 4.92. The molecule has 0 spiro atoms. The first-order valence-electron chi connectivity index (χ1n) is 7.55. The lowest BCUT2D eigenvalue weighted by atomic mass is 10.1. The summed E-state index contributed by atoms with van der Waals surface area (Å²) >= 11 is 0. The van der Waals surface area contributed by atoms with Gasteiger partial charge in [0.1, 0.15) is 0 Å². The molecule has 0 unspecified atom stereocenters. The van der Waals surface area contributed by atoms with E-state index in [0.29, 0.717) is 17.8 Å². The van der Waals surface area contributed by atoms with Crippen molar-refractivity contribution in [2.24, 2.45) is 0 Å². The van der Waals surface area contributed by atoms with E-state index >= 15 is 0 Å². The molecular formula is C17H20N2O5. The van der Waals surface area contributed by atoms with Crippen molar-refractivity contribution >= 4 is 29.2 Å². The summed E-state index contributed by atoms with van der Waals surface area (Å²) in [6, 6.07) is 5.25. The summed E-state index contributed by atoms with van der Waals surface area (Å²) in [4.78, 5) is 35.1. The van der Waals surface area contributed by atoms with Crippen LogP contribution in [-0.2, 0) is 23.9 Å². The van der Waals surface area contributed by atoms with E-state index in [1.54, 1.807) is 25.1 Å². The van der Waals surface area contributed by atoms with Gasteiger partial charge in [-0.15, -0.1) is 0 Å². The summed E-state index contributed by atoms with van der Waals surface area (Å²) in [6.07, 6.45) is 1.65. The molecule has 1 amide bonds. The molecule has 1 fully saturated rings. The fourth-order valence-corrected chi connectivity index (χ4v) is 2.08. The number of aryl methyl sites for hydroxylation is 1. The zero-order valence-electron chi connectivity index (χ0n) is 14.1. The van der Waals surface area contributed by atoms with Gasteiger partial charge in [-0.25, -0.2) is 9.59 Å². The molecule has 0 aliphatic carbocycles. The molecule has 2 N–H and O–H groups in total. The highest BCUT2D eigenvalue weighted by Gasteiger charge is 2.38. The molecule has 0 saturated carbocycles. The molecule has 1 heterocycles. The minimum Gasteiger partial charge on any atom is -0.419 e. The van der Waals surface area contributed by atoms with Gasteiger partial charge < -0.3 is 20.1 Å². The standard InChI is InChI=1S/C17H20N2O5/c1-5-14(20)19-11-6-7-13(10(2)8-11)18-9-12-15(21)23-17(3,4)24-16(12)22/h6-9,18H,5H2,1-4H3,(H,19,20). The van der Waals surface area contributed by atoms with Crippen molar-refractivity contribution in [2.75, 3.05) is 10.6 Å². The number of rotatable bonds is 4. The zero-order valence-corrected chi connectivity index (χ0v) is 14.1. The maximum absolute atomic E-state index is 11.9. The van der Waals surface area contributed by atoms with Crippen molar-refractivity contribution in [3.8, 4) is 0 Å². The summed E-state index contributed by atoms with van der Waals surface area (Å²) in [6.45, 7) is 6.58. The SMILES string of the molecule is CCC(=O)Nc1ccc(NC=C2C(=O)OC(C)(C)OC2=O)c(C)c1. The van der Waals surface area contributed by atoms with E-state index in [-0.39, 0.29) is 11.5 Å². The third kappa shape index (κ3) is 4.13. The van der Waals surface area contributed by atoms with E-state index in [0.717, 1.165) is 5.56 Å². The van der Waals surface area contributed by atoms with Crippen molar-refractivity contribution in [1.82, 2.24) is 0 Å². The molecule has 2 rings (SSSR count). The Balaban J connectivity index is 2.13. The van der Waals surface area contributed by atoms with Crippen LogP contribution < -0.4 is 10.6 Å². The largest absolute Gasteiger partial charge is 0.419 e. The van der Waals surface area contributed by atoms with Crippen LogP contribution in [0.25, 0.3) is 0 Å². The van der Waals surface area contributed by atoms with Gasteiger partial charge in [-0.1, -0.05) is 6.92 Å². The molecule has 1 aliphatic rings. The molecule has 128 valence electrons. The van der Waals surface area contributed by atoms with E-state index < -0.39 is 17.7 Å². The molecule has 0 atom stereocenters. The number of ether oxygens (including phenoxy) is 2. The Labute approximate surface area is 140 Å². The fraction of sp³-hybridized carbons (Fsp3) is 0.353. The lowest BCUT2D eigenvalue weighted by Crippen LogP contribution is -2.42. The molecule has 1 aliphatic heterocycles. The fourth-order valence-electron chi connectivity index (χ4n) is 2.08. The van der Waals surface area contributed by atoms with Crippen molar-refractivity contribution in [2.45, 2.75) is 39.9 Å². The van der Waals surface area contributed by atoms with E-state index in [4.69, 9.17) is 9.47 Å². The molecule has 1 saturated heterocycles. The zero-order chi connectivity index (χ0) is 17.9. The van der Waals surface area contributed by atoms with E-state index in [2.05, 4.69) is 10.6 Å². The number of benzene rings is 1. The van der Waals surface area contributed by atoms with Gasteiger partial charge in [-0.05, 0) is 30.7 Å². The average molecular weight is 332 g/mol. The van der Waals surface area contributed by atoms with Gasteiger partial charge in [0.05, 0.1) is 0 Å². The second-order valence-electron chi connectivity index (χ2n) is 5.81. The Morgan fingerprint density at radius 3 is 2.38 bits per heavy atom. The highest BCUT2D eigenvalue weighted by atomic mass is 16.7. The number of carbonyl (C=O) groups excluding carboxylic acids is 3. The molecule has 7 heteroatoms. The summed E-state index contributed by atoms with van der Waals surface area (Å²) in [5.41, 5.74) is 1.98. The molecule has 24 heavy (non-hydrogen) atoms. The molecule has 0 aromatic heterocycles. The lowest BCUT2D eigenvalue weighted by Gasteiger charge is -2.29. The van der Waals surface area contributed by atoms with Crippen LogP contribution in [-0.4, -0.2) is 23.6 Å².